The molecule has 0 spiro atoms. The molecule has 62 heavy (non-hydrogen) atoms. The van der Waals surface area contributed by atoms with Gasteiger partial charge in [0.25, 0.3) is 0 Å². The summed E-state index contributed by atoms with van der Waals surface area (Å²) in [6.45, 7) is 15.4. The summed E-state index contributed by atoms with van der Waals surface area (Å²) in [4.78, 5) is 71.3. The lowest BCUT2D eigenvalue weighted by atomic mass is 9.85. The summed E-state index contributed by atoms with van der Waals surface area (Å²) < 4.78 is 11.5. The number of carbonyl (C=O) groups is 5. The Morgan fingerprint density at radius 1 is 0.903 bits per heavy atom. The number of primary amides is 1. The van der Waals surface area contributed by atoms with Crippen molar-refractivity contribution >= 4 is 41.1 Å². The monoisotopic (exact) mass is 876 g/mol. The molecule has 2 heterocycles. The summed E-state index contributed by atoms with van der Waals surface area (Å²) in [5.41, 5.74) is 11.0. The van der Waals surface area contributed by atoms with Crippen LogP contribution in [0.15, 0.2) is 54.0 Å². The minimum Gasteiger partial charge on any atom is -0.444 e. The predicted molar refractivity (Wildman–Crippen MR) is 241 cm³/mol. The molecule has 1 aromatic heterocycles. The van der Waals surface area contributed by atoms with Crippen LogP contribution < -0.4 is 21.7 Å². The van der Waals surface area contributed by atoms with Gasteiger partial charge < -0.3 is 41.2 Å². The fourth-order valence-corrected chi connectivity index (χ4v) is 8.12. The number of aryl methyl sites for hydroxylation is 2. The van der Waals surface area contributed by atoms with E-state index in [4.69, 9.17) is 15.2 Å². The van der Waals surface area contributed by atoms with Gasteiger partial charge in [0, 0.05) is 32.4 Å². The van der Waals surface area contributed by atoms with Gasteiger partial charge in [-0.1, -0.05) is 82.1 Å². The Morgan fingerprint density at radius 3 is 2.16 bits per heavy atom. The Balaban J connectivity index is 1.18. The van der Waals surface area contributed by atoms with E-state index in [-0.39, 0.29) is 50.1 Å². The summed E-state index contributed by atoms with van der Waals surface area (Å²) >= 11 is 1.58. The molecule has 1 saturated heterocycles. The van der Waals surface area contributed by atoms with Crippen LogP contribution in [-0.4, -0.2) is 87.2 Å². The zero-order chi connectivity index (χ0) is 45.6. The second kappa shape index (κ2) is 23.0. The molecule has 15 heteroatoms. The first-order valence-corrected chi connectivity index (χ1v) is 22.6. The van der Waals surface area contributed by atoms with E-state index >= 15 is 0 Å². The third-order valence-corrected chi connectivity index (χ3v) is 11.8. The average molecular weight is 877 g/mol. The SMILES string of the molecule is Cc1ncsc1-c1ccc(CNC(=O)[C@@H]2C[C@@H](O)CN2C(=O)[C@@H](NC(=O)CCCCCCc2ccc(CO[C@H](C)[C@H](CCC(N)=O)NC(=O)OC(C)(C)C)cc2)C(C)(C)C)cc1. The number of thiazole rings is 1. The van der Waals surface area contributed by atoms with E-state index < -0.39 is 53.3 Å². The lowest BCUT2D eigenvalue weighted by molar-refractivity contribution is -0.144. The largest absolute Gasteiger partial charge is 0.444 e. The Hall–Kier alpha value is -4.86. The Labute approximate surface area is 371 Å². The number of hydrogen-bond donors (Lipinski definition) is 5. The average Bonchev–Trinajstić information content (AvgIpc) is 3.82. The van der Waals surface area contributed by atoms with Crippen molar-refractivity contribution in [2.24, 2.45) is 11.1 Å². The number of likely N-dealkylation sites (tertiary alicyclic amines) is 1. The van der Waals surface area contributed by atoms with Crippen molar-refractivity contribution in [3.8, 4) is 10.4 Å². The Kier molecular flexibility index (Phi) is 18.5. The van der Waals surface area contributed by atoms with Crippen LogP contribution in [0.2, 0.25) is 0 Å². The standard InChI is InChI=1S/C47H68N6O8S/c1-30-41(62-29-50-30)35-21-19-33(20-22-35)26-49-43(57)38-25-36(54)27-53(38)44(58)42(46(3,4)5)52-40(56)14-12-10-9-11-13-32-15-17-34(18-16-32)28-60-31(2)37(23-24-39(48)55)51-45(59)61-47(6,7)8/h15-22,29,31,36-38,42,54H,9-14,23-28H2,1-8H3,(H2,48,55)(H,49,57)(H,51,59)(H,52,56)/t31-,36-,37+,38+,42-/m1/s1. The van der Waals surface area contributed by atoms with Crippen LogP contribution in [0.25, 0.3) is 10.4 Å². The smallest absolute Gasteiger partial charge is 0.407 e. The molecule has 0 bridgehead atoms. The number of carbonyl (C=O) groups excluding carboxylic acids is 5. The Morgan fingerprint density at radius 2 is 1.55 bits per heavy atom. The van der Waals surface area contributed by atoms with Crippen molar-refractivity contribution in [3.63, 3.8) is 0 Å². The number of aromatic nitrogens is 1. The highest BCUT2D eigenvalue weighted by Gasteiger charge is 2.44. The van der Waals surface area contributed by atoms with Crippen LogP contribution in [0, 0.1) is 12.3 Å². The molecule has 5 atom stereocenters. The molecule has 2 aromatic carbocycles. The molecule has 0 saturated carbocycles. The molecule has 1 aliphatic heterocycles. The fraction of sp³-hybridized carbons (Fsp3) is 0.574. The van der Waals surface area contributed by atoms with E-state index in [1.54, 1.807) is 32.1 Å². The van der Waals surface area contributed by atoms with Crippen LogP contribution in [0.3, 0.4) is 0 Å². The quantitative estimate of drug-likeness (QED) is 0.0743. The first kappa shape index (κ1) is 49.8. The van der Waals surface area contributed by atoms with Gasteiger partial charge in [-0.3, -0.25) is 19.2 Å². The van der Waals surface area contributed by atoms with Gasteiger partial charge in [-0.15, -0.1) is 11.3 Å². The summed E-state index contributed by atoms with van der Waals surface area (Å²) in [6.07, 6.45) is 3.33. The van der Waals surface area contributed by atoms with Gasteiger partial charge in [0.2, 0.25) is 23.6 Å². The van der Waals surface area contributed by atoms with Gasteiger partial charge >= 0.3 is 6.09 Å². The maximum absolute atomic E-state index is 14.0. The maximum atomic E-state index is 14.0. The van der Waals surface area contributed by atoms with Crippen molar-refractivity contribution in [3.05, 3.63) is 76.4 Å². The molecule has 5 amide bonds. The molecule has 3 aromatic rings. The van der Waals surface area contributed by atoms with Crippen LogP contribution in [0.1, 0.15) is 122 Å². The number of amides is 5. The number of nitrogens with one attached hydrogen (secondary N) is 3. The van der Waals surface area contributed by atoms with Crippen molar-refractivity contribution in [1.82, 2.24) is 25.8 Å². The van der Waals surface area contributed by atoms with E-state index in [0.29, 0.717) is 19.4 Å². The van der Waals surface area contributed by atoms with Gasteiger partial charge in [-0.2, -0.15) is 0 Å². The van der Waals surface area contributed by atoms with E-state index in [1.165, 1.54) is 10.5 Å². The molecule has 0 radical (unpaired) electrons. The molecule has 340 valence electrons. The number of ether oxygens (including phenoxy) is 2. The molecule has 6 N–H and O–H groups in total. The van der Waals surface area contributed by atoms with Crippen LogP contribution in [0.5, 0.6) is 0 Å². The molecular formula is C47H68N6O8S. The van der Waals surface area contributed by atoms with Gasteiger partial charge in [-0.25, -0.2) is 9.78 Å². The van der Waals surface area contributed by atoms with Gasteiger partial charge in [0.05, 0.1) is 40.9 Å². The number of aliphatic hydroxyl groups excluding tert-OH is 1. The molecule has 14 nitrogen and oxygen atoms in total. The molecule has 0 aliphatic carbocycles. The number of alkyl carbamates (subject to hydrolysis) is 1. The van der Waals surface area contributed by atoms with Gasteiger partial charge in [-0.05, 0) is 88.0 Å². The third-order valence-electron chi connectivity index (χ3n) is 10.8. The number of β-amino-alcohol motifs (C(OH)–C–C–N with tert-alkyl or cyclic N) is 1. The maximum Gasteiger partial charge on any atom is 0.407 e. The predicted octanol–water partition coefficient (Wildman–Crippen LogP) is 6.48. The van der Waals surface area contributed by atoms with Gasteiger partial charge in [0.15, 0.2) is 0 Å². The molecule has 4 rings (SSSR count). The topological polar surface area (TPSA) is 202 Å². The molecule has 0 unspecified atom stereocenters. The van der Waals surface area contributed by atoms with Crippen LogP contribution in [-0.2, 0) is 48.2 Å². The first-order chi connectivity index (χ1) is 29.2. The van der Waals surface area contributed by atoms with E-state index in [0.717, 1.165) is 52.9 Å². The zero-order valence-corrected chi connectivity index (χ0v) is 38.6. The van der Waals surface area contributed by atoms with Crippen molar-refractivity contribution in [2.75, 3.05) is 6.54 Å². The van der Waals surface area contributed by atoms with E-state index in [9.17, 15) is 29.1 Å². The van der Waals surface area contributed by atoms with Gasteiger partial charge in [0.1, 0.15) is 17.7 Å². The summed E-state index contributed by atoms with van der Waals surface area (Å²) in [6, 6.07) is 13.9. The minimum atomic E-state index is -0.868. The number of aliphatic hydroxyl groups is 1. The van der Waals surface area contributed by atoms with Crippen LogP contribution in [0.4, 0.5) is 4.79 Å². The summed E-state index contributed by atoms with van der Waals surface area (Å²) in [5, 5.41) is 19.3. The number of hydrogen-bond acceptors (Lipinski definition) is 10. The minimum absolute atomic E-state index is 0.0210. The summed E-state index contributed by atoms with van der Waals surface area (Å²) in [5.74, 6) is -1.39. The molecular weight excluding hydrogens is 809 g/mol. The van der Waals surface area contributed by atoms with Crippen LogP contribution >= 0.6 is 11.3 Å². The van der Waals surface area contributed by atoms with Crippen molar-refractivity contribution in [2.45, 2.75) is 162 Å². The number of nitrogens with zero attached hydrogens (tertiary/aromatic N) is 2. The first-order valence-electron chi connectivity index (χ1n) is 21.7. The highest BCUT2D eigenvalue weighted by molar-refractivity contribution is 7.13. The lowest BCUT2D eigenvalue weighted by Crippen LogP contribution is -2.57. The lowest BCUT2D eigenvalue weighted by Gasteiger charge is -2.35. The second-order valence-corrected chi connectivity index (χ2v) is 19.3. The van der Waals surface area contributed by atoms with Crippen molar-refractivity contribution in [1.29, 1.82) is 0 Å². The van der Waals surface area contributed by atoms with E-state index in [1.807, 2.05) is 76.5 Å². The fourth-order valence-electron chi connectivity index (χ4n) is 7.31. The highest BCUT2D eigenvalue weighted by atomic mass is 32.1. The highest BCUT2D eigenvalue weighted by Crippen LogP contribution is 2.29. The zero-order valence-electron chi connectivity index (χ0n) is 37.8. The normalized spacial score (nSPS) is 16.9. The number of rotatable bonds is 21. The molecule has 1 aliphatic rings. The summed E-state index contributed by atoms with van der Waals surface area (Å²) in [7, 11) is 0. The number of benzene rings is 2. The molecule has 1 fully saturated rings. The second-order valence-electron chi connectivity index (χ2n) is 18.4. The van der Waals surface area contributed by atoms with Crippen molar-refractivity contribution < 1.29 is 38.6 Å². The van der Waals surface area contributed by atoms with E-state index in [2.05, 4.69) is 33.1 Å². The Bertz CT molecular complexity index is 1940. The third kappa shape index (κ3) is 16.1. The number of unbranched alkanes of at least 4 members (excludes halogenated alkanes) is 3. The number of nitrogens with two attached hydrogens (primary N) is 1.